The number of halogens is 2. The lowest BCUT2D eigenvalue weighted by Gasteiger charge is -2.08. The van der Waals surface area contributed by atoms with E-state index in [1.807, 2.05) is 24.3 Å². The summed E-state index contributed by atoms with van der Waals surface area (Å²) >= 11 is 5.69. The van der Waals surface area contributed by atoms with Crippen molar-refractivity contribution < 1.29 is 9.18 Å². The van der Waals surface area contributed by atoms with Gasteiger partial charge in [-0.05, 0) is 60.0 Å². The molecular weight excluding hydrogens is 327 g/mol. The average molecular weight is 341 g/mol. The smallest absolute Gasteiger partial charge is 0.258 e. The van der Waals surface area contributed by atoms with Crippen molar-refractivity contribution in [1.82, 2.24) is 4.98 Å². The van der Waals surface area contributed by atoms with Crippen molar-refractivity contribution in [3.8, 4) is 0 Å². The van der Waals surface area contributed by atoms with Crippen LogP contribution in [0.3, 0.4) is 0 Å². The standard InChI is InChI=1S/C19H14ClFN2O/c20-15-3-6-17(18(21)12-15)19(24)23-16-4-1-13(2-5-16)11-14-7-9-22-10-8-14/h1-10,12H,11H2,(H,23,24). The summed E-state index contributed by atoms with van der Waals surface area (Å²) in [6, 6.07) is 15.3. The van der Waals surface area contributed by atoms with E-state index in [1.54, 1.807) is 24.5 Å². The number of carbonyl (C=O) groups excluding carboxylic acids is 1. The maximum atomic E-state index is 13.8. The SMILES string of the molecule is O=C(Nc1ccc(Cc2ccncc2)cc1)c1ccc(Cl)cc1F. The Morgan fingerprint density at radius 3 is 2.33 bits per heavy atom. The summed E-state index contributed by atoms with van der Waals surface area (Å²) in [5, 5.41) is 2.93. The minimum Gasteiger partial charge on any atom is -0.322 e. The van der Waals surface area contributed by atoms with E-state index in [1.165, 1.54) is 12.1 Å². The number of nitrogens with one attached hydrogen (secondary N) is 1. The van der Waals surface area contributed by atoms with Crippen molar-refractivity contribution in [3.63, 3.8) is 0 Å². The highest BCUT2D eigenvalue weighted by Gasteiger charge is 2.12. The van der Waals surface area contributed by atoms with Gasteiger partial charge in [-0.1, -0.05) is 23.7 Å². The minimum absolute atomic E-state index is 0.0414. The Bertz CT molecular complexity index is 851. The van der Waals surface area contributed by atoms with Crippen LogP contribution in [0.5, 0.6) is 0 Å². The molecule has 0 aliphatic heterocycles. The first-order chi connectivity index (χ1) is 11.6. The Balaban J connectivity index is 1.68. The number of rotatable bonds is 4. The van der Waals surface area contributed by atoms with E-state index in [4.69, 9.17) is 11.6 Å². The van der Waals surface area contributed by atoms with Gasteiger partial charge in [-0.2, -0.15) is 0 Å². The van der Waals surface area contributed by atoms with Gasteiger partial charge in [0.15, 0.2) is 0 Å². The molecule has 0 spiro atoms. The Morgan fingerprint density at radius 2 is 1.67 bits per heavy atom. The van der Waals surface area contributed by atoms with Gasteiger partial charge in [-0.3, -0.25) is 9.78 Å². The third-order valence-electron chi connectivity index (χ3n) is 3.55. The van der Waals surface area contributed by atoms with Crippen LogP contribution in [0.4, 0.5) is 10.1 Å². The number of amides is 1. The molecule has 0 atom stereocenters. The van der Waals surface area contributed by atoms with Gasteiger partial charge < -0.3 is 5.32 Å². The van der Waals surface area contributed by atoms with Gasteiger partial charge >= 0.3 is 0 Å². The van der Waals surface area contributed by atoms with Crippen LogP contribution in [-0.2, 0) is 6.42 Å². The molecule has 5 heteroatoms. The summed E-state index contributed by atoms with van der Waals surface area (Å²) in [4.78, 5) is 16.1. The van der Waals surface area contributed by atoms with Crippen LogP contribution in [0.2, 0.25) is 5.02 Å². The summed E-state index contributed by atoms with van der Waals surface area (Å²) in [5.41, 5.74) is 2.83. The van der Waals surface area contributed by atoms with Crippen LogP contribution in [0, 0.1) is 5.82 Å². The van der Waals surface area contributed by atoms with Gasteiger partial charge in [0.25, 0.3) is 5.91 Å². The second kappa shape index (κ2) is 7.23. The summed E-state index contributed by atoms with van der Waals surface area (Å²) in [6.45, 7) is 0. The van der Waals surface area contributed by atoms with Gasteiger partial charge in [0.1, 0.15) is 5.82 Å². The fraction of sp³-hybridized carbons (Fsp3) is 0.0526. The molecule has 0 bridgehead atoms. The van der Waals surface area contributed by atoms with E-state index < -0.39 is 11.7 Å². The molecule has 0 saturated heterocycles. The fourth-order valence-corrected chi connectivity index (χ4v) is 2.47. The molecule has 3 nitrogen and oxygen atoms in total. The van der Waals surface area contributed by atoms with E-state index in [-0.39, 0.29) is 10.6 Å². The lowest BCUT2D eigenvalue weighted by Crippen LogP contribution is -2.13. The molecule has 24 heavy (non-hydrogen) atoms. The number of hydrogen-bond donors (Lipinski definition) is 1. The summed E-state index contributed by atoms with van der Waals surface area (Å²) < 4.78 is 13.8. The van der Waals surface area contributed by atoms with Crippen LogP contribution in [-0.4, -0.2) is 10.9 Å². The highest BCUT2D eigenvalue weighted by molar-refractivity contribution is 6.30. The monoisotopic (exact) mass is 340 g/mol. The van der Waals surface area contributed by atoms with Gasteiger partial charge in [0.05, 0.1) is 5.56 Å². The molecule has 1 amide bonds. The maximum Gasteiger partial charge on any atom is 0.258 e. The first-order valence-corrected chi connectivity index (χ1v) is 7.74. The maximum absolute atomic E-state index is 13.8. The van der Waals surface area contributed by atoms with Crippen LogP contribution in [0.1, 0.15) is 21.5 Å². The molecule has 3 aromatic rings. The van der Waals surface area contributed by atoms with E-state index >= 15 is 0 Å². The van der Waals surface area contributed by atoms with Gasteiger partial charge in [-0.25, -0.2) is 4.39 Å². The first kappa shape index (κ1) is 16.1. The third-order valence-corrected chi connectivity index (χ3v) is 3.78. The molecule has 0 radical (unpaired) electrons. The quantitative estimate of drug-likeness (QED) is 0.746. The molecule has 0 unspecified atom stereocenters. The Morgan fingerprint density at radius 1 is 1.00 bits per heavy atom. The van der Waals surface area contributed by atoms with E-state index in [0.717, 1.165) is 23.6 Å². The van der Waals surface area contributed by atoms with Gasteiger partial charge in [0, 0.05) is 23.1 Å². The van der Waals surface area contributed by atoms with Crippen LogP contribution < -0.4 is 5.32 Å². The lowest BCUT2D eigenvalue weighted by atomic mass is 10.1. The zero-order valence-corrected chi connectivity index (χ0v) is 13.4. The Labute approximate surface area is 144 Å². The number of anilines is 1. The third kappa shape index (κ3) is 3.97. The molecule has 0 aliphatic rings. The summed E-state index contributed by atoms with van der Waals surface area (Å²) in [6.07, 6.45) is 4.29. The lowest BCUT2D eigenvalue weighted by molar-refractivity contribution is 0.102. The number of nitrogens with zero attached hydrogens (tertiary/aromatic N) is 1. The molecule has 120 valence electrons. The van der Waals surface area contributed by atoms with Crippen molar-refractivity contribution in [3.05, 3.63) is 94.5 Å². The van der Waals surface area contributed by atoms with Gasteiger partial charge in [0.2, 0.25) is 0 Å². The van der Waals surface area contributed by atoms with Gasteiger partial charge in [-0.15, -0.1) is 0 Å². The van der Waals surface area contributed by atoms with Crippen LogP contribution >= 0.6 is 11.6 Å². The molecule has 1 N–H and O–H groups in total. The number of carbonyl (C=O) groups is 1. The van der Waals surface area contributed by atoms with Crippen molar-refractivity contribution in [1.29, 1.82) is 0 Å². The minimum atomic E-state index is -0.644. The molecule has 0 saturated carbocycles. The predicted octanol–water partition coefficient (Wildman–Crippen LogP) is 4.72. The van der Waals surface area contributed by atoms with E-state index in [9.17, 15) is 9.18 Å². The topological polar surface area (TPSA) is 42.0 Å². The number of hydrogen-bond acceptors (Lipinski definition) is 2. The summed E-state index contributed by atoms with van der Waals surface area (Å²) in [5.74, 6) is -1.15. The molecule has 2 aromatic carbocycles. The number of pyridine rings is 1. The average Bonchev–Trinajstić information content (AvgIpc) is 2.57. The first-order valence-electron chi connectivity index (χ1n) is 7.36. The van der Waals surface area contributed by atoms with Crippen molar-refractivity contribution >= 4 is 23.2 Å². The zero-order chi connectivity index (χ0) is 16.9. The normalized spacial score (nSPS) is 10.4. The Hall–Kier alpha value is -2.72. The van der Waals surface area contributed by atoms with Crippen molar-refractivity contribution in [2.45, 2.75) is 6.42 Å². The van der Waals surface area contributed by atoms with Crippen molar-refractivity contribution in [2.75, 3.05) is 5.32 Å². The molecular formula is C19H14ClFN2O. The largest absolute Gasteiger partial charge is 0.322 e. The highest BCUT2D eigenvalue weighted by atomic mass is 35.5. The molecule has 1 aromatic heterocycles. The van der Waals surface area contributed by atoms with Crippen LogP contribution in [0.15, 0.2) is 67.0 Å². The molecule has 1 heterocycles. The second-order valence-electron chi connectivity index (χ2n) is 5.31. The van der Waals surface area contributed by atoms with E-state index in [0.29, 0.717) is 5.69 Å². The number of benzene rings is 2. The van der Waals surface area contributed by atoms with Crippen molar-refractivity contribution in [2.24, 2.45) is 0 Å². The highest BCUT2D eigenvalue weighted by Crippen LogP contribution is 2.18. The summed E-state index contributed by atoms with van der Waals surface area (Å²) in [7, 11) is 0. The van der Waals surface area contributed by atoms with E-state index in [2.05, 4.69) is 10.3 Å². The zero-order valence-electron chi connectivity index (χ0n) is 12.7. The molecule has 0 aliphatic carbocycles. The second-order valence-corrected chi connectivity index (χ2v) is 5.74. The Kier molecular flexibility index (Phi) is 4.87. The fourth-order valence-electron chi connectivity index (χ4n) is 2.31. The molecule has 3 rings (SSSR count). The van der Waals surface area contributed by atoms with Crippen LogP contribution in [0.25, 0.3) is 0 Å². The predicted molar refractivity (Wildman–Crippen MR) is 92.8 cm³/mol. The number of aromatic nitrogens is 1. The molecule has 0 fully saturated rings.